The molecule has 0 N–H and O–H groups in total. The first kappa shape index (κ1) is 15.9. The molecule has 0 fully saturated rings. The summed E-state index contributed by atoms with van der Waals surface area (Å²) in [7, 11) is 0. The lowest BCUT2D eigenvalue weighted by Gasteiger charge is -2.04. The molecule has 0 amide bonds. The molecule has 112 valence electrons. The molecule has 0 saturated heterocycles. The minimum Gasteiger partial charge on any atom is -0.236 e. The minimum absolute atomic E-state index is 0.769. The van der Waals surface area contributed by atoms with Gasteiger partial charge in [0.25, 0.3) is 0 Å². The first-order valence-corrected chi connectivity index (χ1v) is 7.68. The fraction of sp³-hybridized carbons (Fsp3) is 0.200. The highest BCUT2D eigenvalue weighted by molar-refractivity contribution is 5.67. The second-order valence-electron chi connectivity index (χ2n) is 5.03. The van der Waals surface area contributed by atoms with Crippen LogP contribution in [0.2, 0.25) is 0 Å². The fourth-order valence-electron chi connectivity index (χ4n) is 2.10. The van der Waals surface area contributed by atoms with Crippen LogP contribution in [0, 0.1) is 13.8 Å². The SMILES string of the molecule is CC.Cc1ccc(-c2ccc(-c3ncc(C)cn3)cc2)cc1. The number of hydrogen-bond donors (Lipinski definition) is 0. The summed E-state index contributed by atoms with van der Waals surface area (Å²) in [6, 6.07) is 16.9. The van der Waals surface area contributed by atoms with E-state index >= 15 is 0 Å². The predicted molar refractivity (Wildman–Crippen MR) is 93.7 cm³/mol. The van der Waals surface area contributed by atoms with Crippen LogP contribution in [0.25, 0.3) is 22.5 Å². The van der Waals surface area contributed by atoms with Gasteiger partial charge in [0.05, 0.1) is 0 Å². The van der Waals surface area contributed by atoms with Gasteiger partial charge in [-0.3, -0.25) is 0 Å². The third-order valence-corrected chi connectivity index (χ3v) is 3.31. The molecule has 0 saturated carbocycles. The summed E-state index contributed by atoms with van der Waals surface area (Å²) in [5.41, 5.74) is 5.83. The van der Waals surface area contributed by atoms with Gasteiger partial charge in [0.15, 0.2) is 5.82 Å². The van der Waals surface area contributed by atoms with Crippen molar-refractivity contribution < 1.29 is 0 Å². The maximum absolute atomic E-state index is 4.35. The third kappa shape index (κ3) is 3.79. The maximum atomic E-state index is 4.35. The molecule has 0 unspecified atom stereocenters. The Morgan fingerprint density at radius 1 is 0.545 bits per heavy atom. The number of nitrogens with zero attached hydrogens (tertiary/aromatic N) is 2. The molecule has 3 aromatic rings. The first-order chi connectivity index (χ1) is 10.7. The van der Waals surface area contributed by atoms with E-state index in [4.69, 9.17) is 0 Å². The summed E-state index contributed by atoms with van der Waals surface area (Å²) >= 11 is 0. The zero-order valence-electron chi connectivity index (χ0n) is 13.7. The van der Waals surface area contributed by atoms with E-state index in [1.54, 1.807) is 0 Å². The van der Waals surface area contributed by atoms with E-state index in [1.807, 2.05) is 33.2 Å². The normalized spacial score (nSPS) is 9.82. The topological polar surface area (TPSA) is 25.8 Å². The molecular weight excluding hydrogens is 268 g/mol. The standard InChI is InChI=1S/C18H16N2.C2H6/c1-13-3-5-15(6-4-13)16-7-9-17(10-8-16)18-19-11-14(2)12-20-18;1-2/h3-12H,1-2H3;1-2H3. The van der Waals surface area contributed by atoms with Crippen LogP contribution in [0.1, 0.15) is 25.0 Å². The van der Waals surface area contributed by atoms with Crippen LogP contribution in [0.5, 0.6) is 0 Å². The largest absolute Gasteiger partial charge is 0.236 e. The van der Waals surface area contributed by atoms with Crippen molar-refractivity contribution in [3.05, 3.63) is 72.1 Å². The number of aryl methyl sites for hydroxylation is 2. The van der Waals surface area contributed by atoms with Crippen molar-refractivity contribution >= 4 is 0 Å². The molecule has 1 aromatic heterocycles. The van der Waals surface area contributed by atoms with E-state index in [9.17, 15) is 0 Å². The Morgan fingerprint density at radius 2 is 0.955 bits per heavy atom. The number of benzene rings is 2. The molecule has 2 heteroatoms. The second-order valence-corrected chi connectivity index (χ2v) is 5.03. The number of aromatic nitrogens is 2. The van der Waals surface area contributed by atoms with Crippen molar-refractivity contribution in [2.45, 2.75) is 27.7 Å². The van der Waals surface area contributed by atoms with Crippen molar-refractivity contribution in [3.63, 3.8) is 0 Å². The molecule has 0 atom stereocenters. The monoisotopic (exact) mass is 290 g/mol. The van der Waals surface area contributed by atoms with Gasteiger partial charge in [-0.05, 0) is 30.5 Å². The summed E-state index contributed by atoms with van der Waals surface area (Å²) in [6.07, 6.45) is 3.69. The van der Waals surface area contributed by atoms with Gasteiger partial charge in [-0.25, -0.2) is 9.97 Å². The summed E-state index contributed by atoms with van der Waals surface area (Å²) in [5, 5.41) is 0. The molecule has 3 rings (SSSR count). The van der Waals surface area contributed by atoms with Crippen LogP contribution in [0.15, 0.2) is 60.9 Å². The van der Waals surface area contributed by atoms with E-state index in [0.29, 0.717) is 0 Å². The lowest BCUT2D eigenvalue weighted by Crippen LogP contribution is -1.89. The molecule has 0 radical (unpaired) electrons. The summed E-state index contributed by atoms with van der Waals surface area (Å²) in [6.45, 7) is 8.09. The second kappa shape index (κ2) is 7.51. The van der Waals surface area contributed by atoms with Gasteiger partial charge in [0, 0.05) is 18.0 Å². The predicted octanol–water partition coefficient (Wildman–Crippen LogP) is 5.45. The highest BCUT2D eigenvalue weighted by Gasteiger charge is 2.02. The van der Waals surface area contributed by atoms with Crippen LogP contribution in [0.4, 0.5) is 0 Å². The van der Waals surface area contributed by atoms with Crippen molar-refractivity contribution in [3.8, 4) is 22.5 Å². The van der Waals surface area contributed by atoms with Gasteiger partial charge < -0.3 is 0 Å². The van der Waals surface area contributed by atoms with E-state index < -0.39 is 0 Å². The quantitative estimate of drug-likeness (QED) is 0.627. The molecule has 0 bridgehead atoms. The molecule has 22 heavy (non-hydrogen) atoms. The Balaban J connectivity index is 0.000000847. The number of rotatable bonds is 2. The van der Waals surface area contributed by atoms with Gasteiger partial charge in [0.2, 0.25) is 0 Å². The van der Waals surface area contributed by atoms with Crippen LogP contribution < -0.4 is 0 Å². The minimum atomic E-state index is 0.769. The fourth-order valence-corrected chi connectivity index (χ4v) is 2.10. The molecule has 0 aliphatic carbocycles. The summed E-state index contributed by atoms with van der Waals surface area (Å²) < 4.78 is 0. The Bertz CT molecular complexity index is 632. The highest BCUT2D eigenvalue weighted by Crippen LogP contribution is 2.23. The Hall–Kier alpha value is -2.48. The van der Waals surface area contributed by atoms with Gasteiger partial charge in [-0.2, -0.15) is 0 Å². The van der Waals surface area contributed by atoms with E-state index in [2.05, 4.69) is 65.4 Å². The Kier molecular flexibility index (Phi) is 5.42. The summed E-state index contributed by atoms with van der Waals surface area (Å²) in [4.78, 5) is 8.70. The van der Waals surface area contributed by atoms with E-state index in [-0.39, 0.29) is 0 Å². The molecule has 1 heterocycles. The van der Waals surface area contributed by atoms with Gasteiger partial charge in [-0.15, -0.1) is 0 Å². The van der Waals surface area contributed by atoms with Crippen molar-refractivity contribution in [2.75, 3.05) is 0 Å². The van der Waals surface area contributed by atoms with Crippen LogP contribution in [-0.4, -0.2) is 9.97 Å². The summed E-state index contributed by atoms with van der Waals surface area (Å²) in [5.74, 6) is 0.769. The molecular formula is C20H22N2. The molecule has 2 aromatic carbocycles. The van der Waals surface area contributed by atoms with Gasteiger partial charge in [-0.1, -0.05) is 67.9 Å². The Labute approximate surface area is 132 Å². The highest BCUT2D eigenvalue weighted by atomic mass is 14.9. The average molecular weight is 290 g/mol. The van der Waals surface area contributed by atoms with Crippen molar-refractivity contribution in [1.82, 2.24) is 9.97 Å². The van der Waals surface area contributed by atoms with Crippen LogP contribution in [-0.2, 0) is 0 Å². The van der Waals surface area contributed by atoms with Crippen molar-refractivity contribution in [1.29, 1.82) is 0 Å². The molecule has 0 aliphatic rings. The van der Waals surface area contributed by atoms with Crippen molar-refractivity contribution in [2.24, 2.45) is 0 Å². The zero-order valence-corrected chi connectivity index (χ0v) is 13.7. The van der Waals surface area contributed by atoms with E-state index in [0.717, 1.165) is 17.0 Å². The van der Waals surface area contributed by atoms with Gasteiger partial charge in [0.1, 0.15) is 0 Å². The average Bonchev–Trinajstić information content (AvgIpc) is 2.58. The lowest BCUT2D eigenvalue weighted by atomic mass is 10.0. The van der Waals surface area contributed by atoms with E-state index in [1.165, 1.54) is 16.7 Å². The number of hydrogen-bond acceptors (Lipinski definition) is 2. The van der Waals surface area contributed by atoms with Gasteiger partial charge >= 0.3 is 0 Å². The van der Waals surface area contributed by atoms with Crippen LogP contribution in [0.3, 0.4) is 0 Å². The zero-order chi connectivity index (χ0) is 15.9. The smallest absolute Gasteiger partial charge is 0.159 e. The lowest BCUT2D eigenvalue weighted by molar-refractivity contribution is 1.14. The molecule has 0 spiro atoms. The molecule has 2 nitrogen and oxygen atoms in total. The Morgan fingerprint density at radius 3 is 1.45 bits per heavy atom. The van der Waals surface area contributed by atoms with Crippen LogP contribution >= 0.6 is 0 Å². The molecule has 0 aliphatic heterocycles. The maximum Gasteiger partial charge on any atom is 0.159 e. The third-order valence-electron chi connectivity index (χ3n) is 3.31. The first-order valence-electron chi connectivity index (χ1n) is 7.68.